The largest absolute Gasteiger partial charge is 0.497 e. The van der Waals surface area contributed by atoms with E-state index in [1.807, 2.05) is 18.2 Å². The maximum atomic E-state index is 6.37. The van der Waals surface area contributed by atoms with Crippen LogP contribution >= 0.6 is 0 Å². The Bertz CT molecular complexity index is 610. The first-order valence-corrected chi connectivity index (χ1v) is 6.91. The topological polar surface area (TPSA) is 44.5 Å². The van der Waals surface area contributed by atoms with Crippen molar-refractivity contribution in [3.8, 4) is 11.5 Å². The number of para-hydroxylation sites is 1. The van der Waals surface area contributed by atoms with Gasteiger partial charge in [-0.15, -0.1) is 0 Å². The fraction of sp³-hybridized carbons (Fsp3) is 0.294. The van der Waals surface area contributed by atoms with Crippen LogP contribution in [0.25, 0.3) is 0 Å². The summed E-state index contributed by atoms with van der Waals surface area (Å²) < 4.78 is 11.0. The molecule has 1 unspecified atom stereocenters. The summed E-state index contributed by atoms with van der Waals surface area (Å²) in [5.41, 5.74) is 9.91. The van der Waals surface area contributed by atoms with Crippen LogP contribution in [0.15, 0.2) is 42.5 Å². The molecular formula is C17H19NO2. The zero-order valence-corrected chi connectivity index (χ0v) is 11.6. The Labute approximate surface area is 119 Å². The van der Waals surface area contributed by atoms with Gasteiger partial charge >= 0.3 is 0 Å². The van der Waals surface area contributed by atoms with Crippen LogP contribution in [0.4, 0.5) is 0 Å². The van der Waals surface area contributed by atoms with Crippen molar-refractivity contribution in [2.45, 2.75) is 18.9 Å². The lowest BCUT2D eigenvalue weighted by Gasteiger charge is -2.16. The minimum atomic E-state index is -0.0600. The number of hydrogen-bond acceptors (Lipinski definition) is 3. The van der Waals surface area contributed by atoms with Crippen LogP contribution in [0.5, 0.6) is 11.5 Å². The van der Waals surface area contributed by atoms with E-state index >= 15 is 0 Å². The van der Waals surface area contributed by atoms with Crippen LogP contribution in [0.3, 0.4) is 0 Å². The Morgan fingerprint density at radius 2 is 2.10 bits per heavy atom. The van der Waals surface area contributed by atoms with Crippen LogP contribution in [-0.4, -0.2) is 13.7 Å². The molecule has 0 aromatic heterocycles. The third-order valence-electron chi connectivity index (χ3n) is 3.73. The summed E-state index contributed by atoms with van der Waals surface area (Å²) in [5, 5.41) is 0. The Balaban J connectivity index is 1.83. The first-order valence-electron chi connectivity index (χ1n) is 6.91. The molecule has 0 fully saturated rings. The van der Waals surface area contributed by atoms with Crippen molar-refractivity contribution in [3.63, 3.8) is 0 Å². The fourth-order valence-corrected chi connectivity index (χ4v) is 2.70. The molecule has 1 aliphatic heterocycles. The molecule has 3 heteroatoms. The molecule has 0 aliphatic carbocycles. The van der Waals surface area contributed by atoms with E-state index in [-0.39, 0.29) is 6.04 Å². The molecule has 0 radical (unpaired) electrons. The van der Waals surface area contributed by atoms with Crippen LogP contribution < -0.4 is 15.2 Å². The van der Waals surface area contributed by atoms with E-state index in [2.05, 4.69) is 24.3 Å². The lowest BCUT2D eigenvalue weighted by atomic mass is 9.97. The molecule has 0 amide bonds. The van der Waals surface area contributed by atoms with Gasteiger partial charge in [0, 0.05) is 18.0 Å². The van der Waals surface area contributed by atoms with Crippen molar-refractivity contribution < 1.29 is 9.47 Å². The molecule has 1 heterocycles. The van der Waals surface area contributed by atoms with Crippen LogP contribution in [0.1, 0.15) is 22.7 Å². The van der Waals surface area contributed by atoms with Crippen LogP contribution in [0.2, 0.25) is 0 Å². The summed E-state index contributed by atoms with van der Waals surface area (Å²) in [5.74, 6) is 1.85. The molecule has 1 aliphatic rings. The number of hydrogen-bond donors (Lipinski definition) is 1. The normalized spacial score (nSPS) is 14.5. The number of rotatable bonds is 4. The van der Waals surface area contributed by atoms with Crippen molar-refractivity contribution in [3.05, 3.63) is 59.2 Å². The highest BCUT2D eigenvalue weighted by atomic mass is 16.5. The molecule has 0 bridgehead atoms. The van der Waals surface area contributed by atoms with Gasteiger partial charge in [-0.05, 0) is 29.7 Å². The molecule has 2 N–H and O–H groups in total. The minimum Gasteiger partial charge on any atom is -0.497 e. The van der Waals surface area contributed by atoms with Gasteiger partial charge in [-0.1, -0.05) is 30.3 Å². The number of ether oxygens (including phenoxy) is 2. The quantitative estimate of drug-likeness (QED) is 0.928. The minimum absolute atomic E-state index is 0.0600. The summed E-state index contributed by atoms with van der Waals surface area (Å²) in [6.45, 7) is 0.762. The highest BCUT2D eigenvalue weighted by Gasteiger charge is 2.20. The van der Waals surface area contributed by atoms with Gasteiger partial charge in [0.15, 0.2) is 0 Å². The molecule has 104 valence electrons. The van der Waals surface area contributed by atoms with Crippen LogP contribution in [-0.2, 0) is 12.8 Å². The Hall–Kier alpha value is -2.00. The first kappa shape index (κ1) is 13.0. The lowest BCUT2D eigenvalue weighted by Crippen LogP contribution is -2.14. The van der Waals surface area contributed by atoms with Crippen molar-refractivity contribution in [1.82, 2.24) is 0 Å². The molecule has 20 heavy (non-hydrogen) atoms. The second-order valence-corrected chi connectivity index (χ2v) is 5.10. The highest BCUT2D eigenvalue weighted by Crippen LogP contribution is 2.33. The Kier molecular flexibility index (Phi) is 3.61. The molecule has 3 nitrogen and oxygen atoms in total. The number of methoxy groups -OCH3 is 1. The SMILES string of the molecule is COc1cccc(CC(N)c2cccc3c2OCC3)c1. The summed E-state index contributed by atoms with van der Waals surface area (Å²) in [4.78, 5) is 0. The number of fused-ring (bicyclic) bond motifs is 1. The molecule has 1 atom stereocenters. The Morgan fingerprint density at radius 1 is 1.25 bits per heavy atom. The zero-order chi connectivity index (χ0) is 13.9. The molecule has 2 aromatic rings. The summed E-state index contributed by atoms with van der Waals surface area (Å²) in [6.07, 6.45) is 1.76. The van der Waals surface area contributed by atoms with E-state index in [1.54, 1.807) is 7.11 Å². The smallest absolute Gasteiger partial charge is 0.127 e. The van der Waals surface area contributed by atoms with Crippen molar-refractivity contribution >= 4 is 0 Å². The maximum absolute atomic E-state index is 6.37. The second-order valence-electron chi connectivity index (χ2n) is 5.10. The summed E-state index contributed by atoms with van der Waals surface area (Å²) >= 11 is 0. The molecule has 3 rings (SSSR count). The standard InChI is InChI=1S/C17H19NO2/c1-19-14-6-2-4-12(10-14)11-16(18)15-7-3-5-13-8-9-20-17(13)15/h2-7,10,16H,8-9,11,18H2,1H3. The average molecular weight is 269 g/mol. The van der Waals surface area contributed by atoms with E-state index in [1.165, 1.54) is 11.1 Å². The van der Waals surface area contributed by atoms with Gasteiger partial charge in [-0.3, -0.25) is 0 Å². The predicted octanol–water partition coefficient (Wildman–Crippen LogP) is 2.87. The van der Waals surface area contributed by atoms with Crippen LogP contribution in [0, 0.1) is 0 Å². The third kappa shape index (κ3) is 2.49. The zero-order valence-electron chi connectivity index (χ0n) is 11.6. The van der Waals surface area contributed by atoms with E-state index in [0.29, 0.717) is 0 Å². The summed E-state index contributed by atoms with van der Waals surface area (Å²) in [6, 6.07) is 14.2. The van der Waals surface area contributed by atoms with Gasteiger partial charge in [0.2, 0.25) is 0 Å². The number of benzene rings is 2. The molecule has 2 aromatic carbocycles. The van der Waals surface area contributed by atoms with Gasteiger partial charge in [0.1, 0.15) is 11.5 Å². The summed E-state index contributed by atoms with van der Waals surface area (Å²) in [7, 11) is 1.68. The maximum Gasteiger partial charge on any atom is 0.127 e. The Morgan fingerprint density at radius 3 is 2.95 bits per heavy atom. The molecule has 0 saturated carbocycles. The lowest BCUT2D eigenvalue weighted by molar-refractivity contribution is 0.351. The fourth-order valence-electron chi connectivity index (χ4n) is 2.70. The van der Waals surface area contributed by atoms with E-state index in [0.717, 1.165) is 36.5 Å². The van der Waals surface area contributed by atoms with Crippen molar-refractivity contribution in [1.29, 1.82) is 0 Å². The predicted molar refractivity (Wildman–Crippen MR) is 79.3 cm³/mol. The van der Waals surface area contributed by atoms with Gasteiger partial charge in [0.05, 0.1) is 13.7 Å². The molecular weight excluding hydrogens is 250 g/mol. The second kappa shape index (κ2) is 5.55. The van der Waals surface area contributed by atoms with E-state index in [9.17, 15) is 0 Å². The van der Waals surface area contributed by atoms with E-state index < -0.39 is 0 Å². The first-order chi connectivity index (χ1) is 9.78. The van der Waals surface area contributed by atoms with Gasteiger partial charge in [0.25, 0.3) is 0 Å². The van der Waals surface area contributed by atoms with Gasteiger partial charge in [-0.25, -0.2) is 0 Å². The van der Waals surface area contributed by atoms with Gasteiger partial charge in [-0.2, -0.15) is 0 Å². The van der Waals surface area contributed by atoms with Crippen molar-refractivity contribution in [2.24, 2.45) is 5.73 Å². The number of nitrogens with two attached hydrogens (primary N) is 1. The monoisotopic (exact) mass is 269 g/mol. The van der Waals surface area contributed by atoms with Crippen molar-refractivity contribution in [2.75, 3.05) is 13.7 Å². The molecule has 0 spiro atoms. The van der Waals surface area contributed by atoms with Gasteiger partial charge < -0.3 is 15.2 Å². The molecule has 0 saturated heterocycles. The average Bonchev–Trinajstić information content (AvgIpc) is 2.95. The van der Waals surface area contributed by atoms with E-state index in [4.69, 9.17) is 15.2 Å². The third-order valence-corrected chi connectivity index (χ3v) is 3.73. The highest BCUT2D eigenvalue weighted by molar-refractivity contribution is 5.46.